The fourth-order valence-corrected chi connectivity index (χ4v) is 19.1. The molecule has 4 aromatic rings. The van der Waals surface area contributed by atoms with Crippen LogP contribution in [0.15, 0.2) is 129 Å². The average molecular weight is 1010 g/mol. The molecule has 0 heterocycles. The van der Waals surface area contributed by atoms with Crippen LogP contribution in [0, 0.1) is 23.3 Å². The Bertz CT molecular complexity index is 2290. The van der Waals surface area contributed by atoms with E-state index >= 15 is 17.6 Å². The third-order valence-electron chi connectivity index (χ3n) is 14.7. The molecule has 2 aliphatic rings. The quantitative estimate of drug-likeness (QED) is 0.0297. The number of hydrogen-bond donors (Lipinski definition) is 0. The van der Waals surface area contributed by atoms with Crippen LogP contribution in [0.25, 0.3) is 0 Å². The molecule has 380 valence electrons. The van der Waals surface area contributed by atoms with Crippen molar-refractivity contribution in [2.45, 2.75) is 181 Å². The summed E-state index contributed by atoms with van der Waals surface area (Å²) in [6.45, 7) is 8.86. The van der Waals surface area contributed by atoms with Gasteiger partial charge in [-0.15, -0.1) is 0 Å². The first-order chi connectivity index (χ1) is 34.5. The van der Waals surface area contributed by atoms with Crippen molar-refractivity contribution in [3.8, 4) is 0 Å². The zero-order chi connectivity index (χ0) is 50.6. The Balaban J connectivity index is 1.36. The second-order valence-electron chi connectivity index (χ2n) is 20.1. The molecule has 2 amide bonds. The average Bonchev–Trinajstić information content (AvgIpc) is 4.13. The molecule has 0 saturated carbocycles. The molecule has 0 N–H and O–H groups in total. The first-order valence-corrected chi connectivity index (χ1v) is 30.0. The predicted octanol–water partition coefficient (Wildman–Crippen LogP) is 15.2. The molecule has 6 rings (SSSR count). The molecule has 71 heavy (non-hydrogen) atoms. The fraction of sp³-hybridized carbons (Fsp3) is 0.452. The first kappa shape index (κ1) is 55.5. The molecule has 4 nitrogen and oxygen atoms in total. The van der Waals surface area contributed by atoms with Crippen molar-refractivity contribution in [1.82, 2.24) is 9.80 Å². The van der Waals surface area contributed by atoms with Gasteiger partial charge in [-0.1, -0.05) is 52.4 Å². The number of unbranched alkanes of at least 4 members (excludes halogenated alkanes) is 12. The van der Waals surface area contributed by atoms with E-state index in [1.54, 1.807) is 9.80 Å². The summed E-state index contributed by atoms with van der Waals surface area (Å²) in [6.07, 6.45) is 27.6. The van der Waals surface area contributed by atoms with E-state index in [-0.39, 0.29) is 43.5 Å². The Morgan fingerprint density at radius 3 is 1.23 bits per heavy atom. The van der Waals surface area contributed by atoms with Gasteiger partial charge < -0.3 is 0 Å². The summed E-state index contributed by atoms with van der Waals surface area (Å²) in [5, 5.41) is 0. The number of nitrogens with zero attached hydrogens (tertiary/aromatic N) is 2. The summed E-state index contributed by atoms with van der Waals surface area (Å²) in [4.78, 5) is 31.8. The Kier molecular flexibility index (Phi) is 22.3. The first-order valence-electron chi connectivity index (χ1n) is 26.8. The minimum absolute atomic E-state index is 0.0222. The molecule has 0 spiro atoms. The van der Waals surface area contributed by atoms with Gasteiger partial charge in [-0.3, -0.25) is 0 Å². The Labute approximate surface area is 426 Å². The number of carbonyl (C=O) groups excluding carboxylic acids is 2. The topological polar surface area (TPSA) is 40.6 Å². The van der Waals surface area contributed by atoms with Crippen LogP contribution >= 0.6 is 0 Å². The normalized spacial score (nSPS) is 14.1. The van der Waals surface area contributed by atoms with Gasteiger partial charge in [-0.2, -0.15) is 0 Å². The molecule has 0 aliphatic heterocycles. The van der Waals surface area contributed by atoms with Gasteiger partial charge in [-0.25, -0.2) is 0 Å². The number of rotatable bonds is 30. The summed E-state index contributed by atoms with van der Waals surface area (Å²) >= 11 is -5.20. The van der Waals surface area contributed by atoms with Crippen molar-refractivity contribution in [2.24, 2.45) is 0 Å². The zero-order valence-corrected chi connectivity index (χ0v) is 44.5. The van der Waals surface area contributed by atoms with Crippen molar-refractivity contribution in [3.05, 3.63) is 175 Å². The molecular formula is C62H78F4N2O2Ti. The number of amides is 2. The molecule has 2 atom stereocenters. The van der Waals surface area contributed by atoms with Gasteiger partial charge >= 0.3 is 377 Å². The standard InChI is InChI=1S/2C26H34F2NO.2C5H5.Ti/c2*1-3-4-5-6-7-8-12-15-26(30)29(20-22-13-10-9-11-14-22)21(2)18-23-16-17-24(27)19-25(23)28;2*1-2-4-5-3-1;/h2*9-11,13-14,16-17,21H,3-8,12,15,18,20H2,1-2H3;2*1-3H,4H2;. The summed E-state index contributed by atoms with van der Waals surface area (Å²) in [5.74, 6) is -3.33. The monoisotopic (exact) mass is 1010 g/mol. The van der Waals surface area contributed by atoms with E-state index in [9.17, 15) is 9.59 Å². The molecule has 4 aromatic carbocycles. The minimum atomic E-state index is -5.20. The third-order valence-corrected chi connectivity index (χ3v) is 22.7. The van der Waals surface area contributed by atoms with Crippen molar-refractivity contribution in [2.75, 3.05) is 0 Å². The molecular weight excluding hydrogens is 929 g/mol. The van der Waals surface area contributed by atoms with E-state index < -0.39 is 51.9 Å². The molecule has 0 saturated heterocycles. The van der Waals surface area contributed by atoms with E-state index in [0.29, 0.717) is 46.5 Å². The van der Waals surface area contributed by atoms with E-state index in [4.69, 9.17) is 0 Å². The van der Waals surface area contributed by atoms with Gasteiger partial charge in [-0.05, 0) is 0 Å². The number of carbonyl (C=O) groups is 2. The molecule has 0 radical (unpaired) electrons. The van der Waals surface area contributed by atoms with Crippen LogP contribution in [0.3, 0.4) is 0 Å². The summed E-state index contributed by atoms with van der Waals surface area (Å²) in [5.41, 5.74) is 2.29. The Hall–Kier alpha value is -4.79. The van der Waals surface area contributed by atoms with Crippen LogP contribution in [0.4, 0.5) is 17.6 Å². The van der Waals surface area contributed by atoms with Gasteiger partial charge in [0.1, 0.15) is 0 Å². The summed E-state index contributed by atoms with van der Waals surface area (Å²) in [6, 6.07) is 23.9. The molecule has 0 bridgehead atoms. The van der Waals surface area contributed by atoms with Crippen LogP contribution < -0.4 is 7.74 Å². The summed E-state index contributed by atoms with van der Waals surface area (Å²) in [7, 11) is 0. The second-order valence-corrected chi connectivity index (χ2v) is 26.0. The summed E-state index contributed by atoms with van der Waals surface area (Å²) < 4.78 is 71.6. The zero-order valence-electron chi connectivity index (χ0n) is 43.0. The number of halogens is 4. The number of benzene rings is 4. The Morgan fingerprint density at radius 1 is 0.507 bits per heavy atom. The maximum atomic E-state index is 18.1. The van der Waals surface area contributed by atoms with Crippen LogP contribution in [0.1, 0.15) is 166 Å². The fourth-order valence-electron chi connectivity index (χ4n) is 10.8. The number of hydrogen-bond acceptors (Lipinski definition) is 2. The molecule has 0 aromatic heterocycles. The van der Waals surface area contributed by atoms with E-state index in [2.05, 4.69) is 13.8 Å². The van der Waals surface area contributed by atoms with Crippen LogP contribution in [0.2, 0.25) is 0 Å². The predicted molar refractivity (Wildman–Crippen MR) is 281 cm³/mol. The van der Waals surface area contributed by atoms with Crippen molar-refractivity contribution < 1.29 is 43.7 Å². The van der Waals surface area contributed by atoms with Crippen LogP contribution in [-0.4, -0.2) is 33.7 Å². The van der Waals surface area contributed by atoms with Gasteiger partial charge in [0.25, 0.3) is 0 Å². The number of allylic oxidation sites excluding steroid dienone is 8. The molecule has 2 aliphatic carbocycles. The van der Waals surface area contributed by atoms with Crippen molar-refractivity contribution >= 4 is 19.6 Å². The van der Waals surface area contributed by atoms with Gasteiger partial charge in [0.2, 0.25) is 0 Å². The second kappa shape index (κ2) is 28.5. The maximum absolute atomic E-state index is 18.1. The van der Waals surface area contributed by atoms with Gasteiger partial charge in [0.05, 0.1) is 0 Å². The van der Waals surface area contributed by atoms with E-state index in [1.165, 1.54) is 62.8 Å². The third kappa shape index (κ3) is 14.7. The van der Waals surface area contributed by atoms with E-state index in [1.807, 2.05) is 111 Å². The molecule has 2 unspecified atom stereocenters. The van der Waals surface area contributed by atoms with Crippen LogP contribution in [0.5, 0.6) is 0 Å². The van der Waals surface area contributed by atoms with Crippen molar-refractivity contribution in [3.63, 3.8) is 0 Å². The SMILES string of the molecule is CCCCCCCCCC(=O)N(Cc1ccccc1)C(C)Cc1ccc(F)[c]([Ti]([C]2=CC=CC2)([C]2=CC=CC2)[c]2c(F)ccc(CC(C)N(Cc3ccccc3)C(=O)CCCCCCCCC)c2F)c1F. The van der Waals surface area contributed by atoms with Crippen molar-refractivity contribution in [1.29, 1.82) is 0 Å². The molecule has 9 heteroatoms. The van der Waals surface area contributed by atoms with Gasteiger partial charge in [0.15, 0.2) is 0 Å². The molecule has 0 fully saturated rings. The Morgan fingerprint density at radius 2 is 0.873 bits per heavy atom. The van der Waals surface area contributed by atoms with E-state index in [0.717, 1.165) is 62.5 Å². The van der Waals surface area contributed by atoms with Crippen LogP contribution in [-0.2, 0) is 52.1 Å². The van der Waals surface area contributed by atoms with Gasteiger partial charge in [0, 0.05) is 0 Å².